The molecule has 0 unspecified atom stereocenters. The van der Waals surface area contributed by atoms with Crippen molar-refractivity contribution >= 4 is 0 Å². The van der Waals surface area contributed by atoms with Crippen molar-refractivity contribution in [2.45, 2.75) is 33.2 Å². The molecule has 0 radical (unpaired) electrons. The SMILES string of the molecule is CCc1cc(CC)n(Cc2ccc(F)cc2)n1. The molecule has 3 heteroatoms. The van der Waals surface area contributed by atoms with E-state index in [0.29, 0.717) is 6.54 Å². The normalized spacial score (nSPS) is 10.8. The number of hydrogen-bond acceptors (Lipinski definition) is 1. The van der Waals surface area contributed by atoms with Gasteiger partial charge in [0.2, 0.25) is 0 Å². The summed E-state index contributed by atoms with van der Waals surface area (Å²) >= 11 is 0. The fourth-order valence-electron chi connectivity index (χ4n) is 1.87. The first-order chi connectivity index (χ1) is 8.22. The molecule has 0 bridgehead atoms. The third-order valence-electron chi connectivity index (χ3n) is 2.88. The van der Waals surface area contributed by atoms with Crippen LogP contribution in [0, 0.1) is 5.82 Å². The largest absolute Gasteiger partial charge is 0.265 e. The van der Waals surface area contributed by atoms with E-state index >= 15 is 0 Å². The average molecular weight is 232 g/mol. The number of aromatic nitrogens is 2. The van der Waals surface area contributed by atoms with Crippen molar-refractivity contribution in [2.24, 2.45) is 0 Å². The smallest absolute Gasteiger partial charge is 0.123 e. The highest BCUT2D eigenvalue weighted by Crippen LogP contribution is 2.10. The van der Waals surface area contributed by atoms with E-state index in [0.717, 1.165) is 24.1 Å². The summed E-state index contributed by atoms with van der Waals surface area (Å²) in [5, 5.41) is 4.54. The lowest BCUT2D eigenvalue weighted by molar-refractivity contribution is 0.619. The summed E-state index contributed by atoms with van der Waals surface area (Å²) in [6.45, 7) is 4.94. The van der Waals surface area contributed by atoms with Gasteiger partial charge in [-0.3, -0.25) is 4.68 Å². The number of nitrogens with zero attached hydrogens (tertiary/aromatic N) is 2. The first kappa shape index (κ1) is 11.8. The zero-order valence-electron chi connectivity index (χ0n) is 10.3. The quantitative estimate of drug-likeness (QED) is 0.791. The maximum atomic E-state index is 12.8. The summed E-state index contributed by atoms with van der Waals surface area (Å²) in [5.74, 6) is -0.195. The molecule has 2 rings (SSSR count). The van der Waals surface area contributed by atoms with E-state index in [2.05, 4.69) is 25.0 Å². The van der Waals surface area contributed by atoms with Crippen LogP contribution in [0.15, 0.2) is 30.3 Å². The van der Waals surface area contributed by atoms with Crippen LogP contribution in [0.2, 0.25) is 0 Å². The van der Waals surface area contributed by atoms with Crippen LogP contribution in [0.5, 0.6) is 0 Å². The van der Waals surface area contributed by atoms with Gasteiger partial charge >= 0.3 is 0 Å². The molecule has 1 aromatic heterocycles. The van der Waals surface area contributed by atoms with Crippen molar-refractivity contribution in [1.29, 1.82) is 0 Å². The Morgan fingerprint density at radius 3 is 2.41 bits per heavy atom. The minimum atomic E-state index is -0.195. The molecule has 2 nitrogen and oxygen atoms in total. The van der Waals surface area contributed by atoms with E-state index in [4.69, 9.17) is 0 Å². The van der Waals surface area contributed by atoms with Crippen molar-refractivity contribution in [1.82, 2.24) is 9.78 Å². The van der Waals surface area contributed by atoms with Crippen LogP contribution in [0.4, 0.5) is 4.39 Å². The van der Waals surface area contributed by atoms with E-state index in [1.807, 2.05) is 16.8 Å². The van der Waals surface area contributed by atoms with Crippen molar-refractivity contribution in [2.75, 3.05) is 0 Å². The second kappa shape index (κ2) is 5.13. The second-order valence-electron chi connectivity index (χ2n) is 4.12. The molecule has 0 saturated heterocycles. The third kappa shape index (κ3) is 2.73. The second-order valence-corrected chi connectivity index (χ2v) is 4.12. The average Bonchev–Trinajstić information content (AvgIpc) is 2.74. The van der Waals surface area contributed by atoms with E-state index in [1.54, 1.807) is 0 Å². The fourth-order valence-corrected chi connectivity index (χ4v) is 1.87. The van der Waals surface area contributed by atoms with Gasteiger partial charge < -0.3 is 0 Å². The summed E-state index contributed by atoms with van der Waals surface area (Å²) in [5.41, 5.74) is 3.42. The summed E-state index contributed by atoms with van der Waals surface area (Å²) in [6, 6.07) is 8.74. The van der Waals surface area contributed by atoms with Gasteiger partial charge in [-0.05, 0) is 36.6 Å². The number of halogens is 1. The van der Waals surface area contributed by atoms with Crippen LogP contribution in [0.25, 0.3) is 0 Å². The van der Waals surface area contributed by atoms with Gasteiger partial charge in [0.25, 0.3) is 0 Å². The summed E-state index contributed by atoms with van der Waals surface area (Å²) < 4.78 is 14.8. The maximum Gasteiger partial charge on any atom is 0.123 e. The van der Waals surface area contributed by atoms with Crippen molar-refractivity contribution < 1.29 is 4.39 Å². The molecule has 1 heterocycles. The Balaban J connectivity index is 2.22. The van der Waals surface area contributed by atoms with E-state index in [1.165, 1.54) is 17.8 Å². The van der Waals surface area contributed by atoms with E-state index in [-0.39, 0.29) is 5.82 Å². The topological polar surface area (TPSA) is 17.8 Å². The van der Waals surface area contributed by atoms with Gasteiger partial charge in [-0.25, -0.2) is 4.39 Å². The molecule has 0 fully saturated rings. The van der Waals surface area contributed by atoms with Crippen LogP contribution in [0.1, 0.15) is 30.8 Å². The molecule has 2 aromatic rings. The predicted octanol–water partition coefficient (Wildman–Crippen LogP) is 3.20. The first-order valence-corrected chi connectivity index (χ1v) is 6.03. The lowest BCUT2D eigenvalue weighted by Crippen LogP contribution is -2.05. The number of aryl methyl sites for hydroxylation is 2. The molecule has 0 amide bonds. The minimum absolute atomic E-state index is 0.195. The Labute approximate surface area is 101 Å². The highest BCUT2D eigenvalue weighted by atomic mass is 19.1. The summed E-state index contributed by atoms with van der Waals surface area (Å²) in [6.07, 6.45) is 1.91. The standard InChI is InChI=1S/C14H17FN2/c1-3-13-9-14(4-2)17(16-13)10-11-5-7-12(15)8-6-11/h5-9H,3-4,10H2,1-2H3. The van der Waals surface area contributed by atoms with Crippen molar-refractivity contribution in [3.05, 3.63) is 53.1 Å². The van der Waals surface area contributed by atoms with Crippen LogP contribution in [-0.2, 0) is 19.4 Å². The molecule has 0 saturated carbocycles. The molecule has 0 aliphatic rings. The van der Waals surface area contributed by atoms with Gasteiger partial charge in [0, 0.05) is 5.69 Å². The third-order valence-corrected chi connectivity index (χ3v) is 2.88. The number of hydrogen-bond donors (Lipinski definition) is 0. The molecular formula is C14H17FN2. The molecular weight excluding hydrogens is 215 g/mol. The maximum absolute atomic E-state index is 12.8. The first-order valence-electron chi connectivity index (χ1n) is 6.03. The molecule has 1 aromatic carbocycles. The summed E-state index contributed by atoms with van der Waals surface area (Å²) in [4.78, 5) is 0. The zero-order chi connectivity index (χ0) is 12.3. The number of rotatable bonds is 4. The summed E-state index contributed by atoms with van der Waals surface area (Å²) in [7, 11) is 0. The lowest BCUT2D eigenvalue weighted by atomic mass is 10.2. The van der Waals surface area contributed by atoms with Crippen LogP contribution in [0.3, 0.4) is 0 Å². The molecule has 0 spiro atoms. The van der Waals surface area contributed by atoms with E-state index < -0.39 is 0 Å². The molecule has 0 aliphatic heterocycles. The van der Waals surface area contributed by atoms with Crippen LogP contribution >= 0.6 is 0 Å². The van der Waals surface area contributed by atoms with Gasteiger partial charge in [0.1, 0.15) is 5.82 Å². The highest BCUT2D eigenvalue weighted by molar-refractivity contribution is 5.18. The molecule has 17 heavy (non-hydrogen) atoms. The van der Waals surface area contributed by atoms with Crippen LogP contribution in [-0.4, -0.2) is 9.78 Å². The molecule has 0 atom stereocenters. The molecule has 90 valence electrons. The number of benzene rings is 1. The van der Waals surface area contributed by atoms with Gasteiger partial charge in [0.05, 0.1) is 12.2 Å². The lowest BCUT2D eigenvalue weighted by Gasteiger charge is -2.05. The Kier molecular flexibility index (Phi) is 3.57. The monoisotopic (exact) mass is 232 g/mol. The highest BCUT2D eigenvalue weighted by Gasteiger charge is 2.05. The predicted molar refractivity (Wildman–Crippen MR) is 66.5 cm³/mol. The Bertz CT molecular complexity index is 485. The van der Waals surface area contributed by atoms with Gasteiger partial charge in [-0.15, -0.1) is 0 Å². The Morgan fingerprint density at radius 1 is 1.12 bits per heavy atom. The van der Waals surface area contributed by atoms with Gasteiger partial charge in [-0.2, -0.15) is 5.10 Å². The minimum Gasteiger partial charge on any atom is -0.265 e. The Hall–Kier alpha value is -1.64. The molecule has 0 aliphatic carbocycles. The van der Waals surface area contributed by atoms with Crippen molar-refractivity contribution in [3.8, 4) is 0 Å². The van der Waals surface area contributed by atoms with Gasteiger partial charge in [-0.1, -0.05) is 26.0 Å². The van der Waals surface area contributed by atoms with Crippen molar-refractivity contribution in [3.63, 3.8) is 0 Å². The van der Waals surface area contributed by atoms with Gasteiger partial charge in [0.15, 0.2) is 0 Å². The zero-order valence-corrected chi connectivity index (χ0v) is 10.3. The van der Waals surface area contributed by atoms with E-state index in [9.17, 15) is 4.39 Å². The Morgan fingerprint density at radius 2 is 1.82 bits per heavy atom. The molecule has 0 N–H and O–H groups in total. The van der Waals surface area contributed by atoms with Crippen LogP contribution < -0.4 is 0 Å². The fraction of sp³-hybridized carbons (Fsp3) is 0.357.